The Morgan fingerprint density at radius 2 is 2.29 bits per heavy atom. The summed E-state index contributed by atoms with van der Waals surface area (Å²) in [4.78, 5) is 4.00. The lowest BCUT2D eigenvalue weighted by Crippen LogP contribution is -2.35. The molecule has 0 saturated heterocycles. The molecule has 0 spiro atoms. The van der Waals surface area contributed by atoms with Gasteiger partial charge in [0.15, 0.2) is 11.4 Å². The monoisotopic (exact) mass is 231 g/mol. The van der Waals surface area contributed by atoms with E-state index in [1.807, 2.05) is 0 Å². The SMILES string of the molecule is N#Cc1ncccc1OC1CCCCC1CN. The van der Waals surface area contributed by atoms with Gasteiger partial charge < -0.3 is 10.5 Å². The van der Waals surface area contributed by atoms with Gasteiger partial charge in [-0.25, -0.2) is 4.98 Å². The second kappa shape index (κ2) is 5.65. The van der Waals surface area contributed by atoms with Gasteiger partial charge in [-0.15, -0.1) is 0 Å². The Labute approximate surface area is 101 Å². The quantitative estimate of drug-likeness (QED) is 0.861. The van der Waals surface area contributed by atoms with Crippen LogP contribution in [0, 0.1) is 17.2 Å². The van der Waals surface area contributed by atoms with Crippen LogP contribution in [0.4, 0.5) is 0 Å². The maximum Gasteiger partial charge on any atom is 0.182 e. The largest absolute Gasteiger partial charge is 0.487 e. The van der Waals surface area contributed by atoms with E-state index in [4.69, 9.17) is 15.7 Å². The van der Waals surface area contributed by atoms with Crippen LogP contribution in [0.2, 0.25) is 0 Å². The average molecular weight is 231 g/mol. The highest BCUT2D eigenvalue weighted by Gasteiger charge is 2.26. The summed E-state index contributed by atoms with van der Waals surface area (Å²) in [6.07, 6.45) is 6.26. The van der Waals surface area contributed by atoms with Crippen molar-refractivity contribution >= 4 is 0 Å². The Morgan fingerprint density at radius 3 is 3.06 bits per heavy atom. The zero-order valence-corrected chi connectivity index (χ0v) is 9.80. The number of nitrogens with two attached hydrogens (primary N) is 1. The minimum atomic E-state index is 0.130. The van der Waals surface area contributed by atoms with Crippen molar-refractivity contribution in [3.05, 3.63) is 24.0 Å². The fourth-order valence-corrected chi connectivity index (χ4v) is 2.33. The summed E-state index contributed by atoms with van der Waals surface area (Å²) >= 11 is 0. The number of hydrogen-bond acceptors (Lipinski definition) is 4. The molecule has 2 atom stereocenters. The highest BCUT2D eigenvalue weighted by molar-refractivity contribution is 5.36. The van der Waals surface area contributed by atoms with Crippen LogP contribution in [0.3, 0.4) is 0 Å². The first-order chi connectivity index (χ1) is 8.35. The van der Waals surface area contributed by atoms with Crippen molar-refractivity contribution in [2.45, 2.75) is 31.8 Å². The van der Waals surface area contributed by atoms with E-state index in [-0.39, 0.29) is 6.10 Å². The molecule has 17 heavy (non-hydrogen) atoms. The van der Waals surface area contributed by atoms with E-state index in [1.165, 1.54) is 12.8 Å². The normalized spacial score (nSPS) is 24.0. The maximum absolute atomic E-state index is 8.95. The van der Waals surface area contributed by atoms with Gasteiger partial charge in [-0.2, -0.15) is 5.26 Å². The number of pyridine rings is 1. The summed E-state index contributed by atoms with van der Waals surface area (Å²) in [6, 6.07) is 5.64. The molecule has 0 aromatic carbocycles. The number of nitriles is 1. The molecule has 1 heterocycles. The molecule has 1 fully saturated rings. The van der Waals surface area contributed by atoms with E-state index in [1.54, 1.807) is 18.3 Å². The van der Waals surface area contributed by atoms with Crippen molar-refractivity contribution < 1.29 is 4.74 Å². The van der Waals surface area contributed by atoms with Crippen molar-refractivity contribution in [1.29, 1.82) is 5.26 Å². The van der Waals surface area contributed by atoms with Crippen LogP contribution < -0.4 is 10.5 Å². The zero-order valence-electron chi connectivity index (χ0n) is 9.80. The van der Waals surface area contributed by atoms with E-state index in [0.717, 1.165) is 12.8 Å². The van der Waals surface area contributed by atoms with Gasteiger partial charge in [0.2, 0.25) is 0 Å². The summed E-state index contributed by atoms with van der Waals surface area (Å²) in [5.41, 5.74) is 6.11. The average Bonchev–Trinajstić information content (AvgIpc) is 2.40. The summed E-state index contributed by atoms with van der Waals surface area (Å²) in [6.45, 7) is 0.646. The van der Waals surface area contributed by atoms with Crippen molar-refractivity contribution in [3.8, 4) is 11.8 Å². The lowest BCUT2D eigenvalue weighted by molar-refractivity contribution is 0.0963. The second-order valence-electron chi connectivity index (χ2n) is 4.40. The Morgan fingerprint density at radius 1 is 1.47 bits per heavy atom. The van der Waals surface area contributed by atoms with Gasteiger partial charge in [-0.3, -0.25) is 0 Å². The Hall–Kier alpha value is -1.60. The Kier molecular flexibility index (Phi) is 3.94. The molecule has 0 radical (unpaired) electrons. The minimum Gasteiger partial charge on any atom is -0.487 e. The third-order valence-corrected chi connectivity index (χ3v) is 3.30. The van der Waals surface area contributed by atoms with Crippen molar-refractivity contribution in [1.82, 2.24) is 4.98 Å². The standard InChI is InChI=1S/C13H17N3O/c14-8-10-4-1-2-5-12(10)17-13-6-3-7-16-11(13)9-15/h3,6-7,10,12H,1-2,4-5,8,14H2. The highest BCUT2D eigenvalue weighted by atomic mass is 16.5. The molecule has 1 aromatic heterocycles. The molecule has 0 bridgehead atoms. The second-order valence-corrected chi connectivity index (χ2v) is 4.40. The van der Waals surface area contributed by atoms with Crippen molar-refractivity contribution in [2.24, 2.45) is 11.7 Å². The molecule has 1 aromatic rings. The van der Waals surface area contributed by atoms with Gasteiger partial charge in [0, 0.05) is 12.1 Å². The molecule has 1 aliphatic rings. The van der Waals surface area contributed by atoms with Crippen LogP contribution in [0.5, 0.6) is 5.75 Å². The van der Waals surface area contributed by atoms with E-state index >= 15 is 0 Å². The van der Waals surface area contributed by atoms with Crippen LogP contribution >= 0.6 is 0 Å². The summed E-state index contributed by atoms with van der Waals surface area (Å²) in [7, 11) is 0. The van der Waals surface area contributed by atoms with Crippen molar-refractivity contribution in [2.75, 3.05) is 6.54 Å². The predicted octanol–water partition coefficient (Wildman–Crippen LogP) is 1.85. The number of hydrogen-bond donors (Lipinski definition) is 1. The van der Waals surface area contributed by atoms with E-state index < -0.39 is 0 Å². The molecule has 0 amide bonds. The van der Waals surface area contributed by atoms with Crippen molar-refractivity contribution in [3.63, 3.8) is 0 Å². The van der Waals surface area contributed by atoms with E-state index in [0.29, 0.717) is 23.9 Å². The Balaban J connectivity index is 2.11. The minimum absolute atomic E-state index is 0.130. The Bertz CT molecular complexity index is 413. The molecule has 4 heteroatoms. The van der Waals surface area contributed by atoms with Gasteiger partial charge in [0.25, 0.3) is 0 Å². The van der Waals surface area contributed by atoms with Gasteiger partial charge in [0.05, 0.1) is 0 Å². The molecule has 90 valence electrons. The molecule has 2 rings (SSSR count). The summed E-state index contributed by atoms with van der Waals surface area (Å²) in [5.74, 6) is 0.982. The number of aromatic nitrogens is 1. The first-order valence-electron chi connectivity index (χ1n) is 6.07. The molecular formula is C13H17N3O. The third kappa shape index (κ3) is 2.75. The number of rotatable bonds is 3. The van der Waals surface area contributed by atoms with E-state index in [2.05, 4.69) is 11.1 Å². The molecule has 4 nitrogen and oxygen atoms in total. The lowest BCUT2D eigenvalue weighted by Gasteiger charge is -2.31. The lowest BCUT2D eigenvalue weighted by atomic mass is 9.86. The predicted molar refractivity (Wildman–Crippen MR) is 64.4 cm³/mol. The molecule has 0 aliphatic heterocycles. The van der Waals surface area contributed by atoms with Crippen LogP contribution in [-0.2, 0) is 0 Å². The molecule has 1 aliphatic carbocycles. The molecule has 2 unspecified atom stereocenters. The van der Waals surface area contributed by atoms with Gasteiger partial charge in [-0.1, -0.05) is 6.42 Å². The number of ether oxygens (including phenoxy) is 1. The topological polar surface area (TPSA) is 71.9 Å². The molecule has 1 saturated carbocycles. The third-order valence-electron chi connectivity index (χ3n) is 3.30. The fourth-order valence-electron chi connectivity index (χ4n) is 2.33. The van der Waals surface area contributed by atoms with Crippen LogP contribution in [0.15, 0.2) is 18.3 Å². The summed E-state index contributed by atoms with van der Waals surface area (Å²) < 4.78 is 5.92. The maximum atomic E-state index is 8.95. The number of nitrogens with zero attached hydrogens (tertiary/aromatic N) is 2. The van der Waals surface area contributed by atoms with Gasteiger partial charge in [0.1, 0.15) is 12.2 Å². The van der Waals surface area contributed by atoms with Gasteiger partial charge >= 0.3 is 0 Å². The zero-order chi connectivity index (χ0) is 12.1. The fraction of sp³-hybridized carbons (Fsp3) is 0.538. The highest BCUT2D eigenvalue weighted by Crippen LogP contribution is 2.28. The first-order valence-corrected chi connectivity index (χ1v) is 6.07. The smallest absolute Gasteiger partial charge is 0.182 e. The molecular weight excluding hydrogens is 214 g/mol. The van der Waals surface area contributed by atoms with Gasteiger partial charge in [-0.05, 0) is 37.9 Å². The van der Waals surface area contributed by atoms with Crippen LogP contribution in [-0.4, -0.2) is 17.6 Å². The summed E-state index contributed by atoms with van der Waals surface area (Å²) in [5, 5.41) is 8.95. The van der Waals surface area contributed by atoms with Crippen LogP contribution in [0.25, 0.3) is 0 Å². The molecule has 2 N–H and O–H groups in total. The van der Waals surface area contributed by atoms with Crippen LogP contribution in [0.1, 0.15) is 31.4 Å². The first kappa shape index (κ1) is 11.9. The van der Waals surface area contributed by atoms with E-state index in [9.17, 15) is 0 Å².